The van der Waals surface area contributed by atoms with Crippen LogP contribution in [0.15, 0.2) is 42.2 Å². The quantitative estimate of drug-likeness (QED) is 0.505. The lowest BCUT2D eigenvalue weighted by atomic mass is 9.95. The van der Waals surface area contributed by atoms with E-state index in [4.69, 9.17) is 0 Å². The van der Waals surface area contributed by atoms with E-state index in [0.29, 0.717) is 11.4 Å². The van der Waals surface area contributed by atoms with Gasteiger partial charge in [-0.3, -0.25) is 24.7 Å². The predicted octanol–water partition coefficient (Wildman–Crippen LogP) is 1.41. The number of hydrogen-bond donors (Lipinski definition) is 1. The molecule has 2 aromatic rings. The zero-order chi connectivity index (χ0) is 15.9. The SMILES string of the molecule is O=C1C(=O)c2ccc(-c3ccccn3)nc2C(O)=C1[N+](=O)[O-]. The van der Waals surface area contributed by atoms with Crippen LogP contribution in [0.3, 0.4) is 0 Å². The van der Waals surface area contributed by atoms with E-state index in [2.05, 4.69) is 9.97 Å². The Kier molecular flexibility index (Phi) is 2.99. The molecule has 0 atom stereocenters. The van der Waals surface area contributed by atoms with Gasteiger partial charge >= 0.3 is 11.5 Å². The van der Waals surface area contributed by atoms with Gasteiger partial charge in [0.1, 0.15) is 5.69 Å². The molecule has 2 aromatic heterocycles. The predicted molar refractivity (Wildman–Crippen MR) is 73.3 cm³/mol. The number of carbonyl (C=O) groups excluding carboxylic acids is 2. The first kappa shape index (κ1) is 13.6. The summed E-state index contributed by atoms with van der Waals surface area (Å²) in [6.07, 6.45) is 1.53. The maximum absolute atomic E-state index is 11.9. The van der Waals surface area contributed by atoms with Crippen LogP contribution in [0.5, 0.6) is 0 Å². The van der Waals surface area contributed by atoms with Crippen molar-refractivity contribution < 1.29 is 19.6 Å². The van der Waals surface area contributed by atoms with Crippen LogP contribution in [-0.2, 0) is 4.79 Å². The highest BCUT2D eigenvalue weighted by Gasteiger charge is 2.42. The Labute approximate surface area is 122 Å². The molecule has 22 heavy (non-hydrogen) atoms. The zero-order valence-electron chi connectivity index (χ0n) is 10.9. The van der Waals surface area contributed by atoms with Crippen molar-refractivity contribution in [2.45, 2.75) is 0 Å². The molecule has 3 rings (SSSR count). The molecule has 0 radical (unpaired) electrons. The van der Waals surface area contributed by atoms with Crippen LogP contribution in [0.1, 0.15) is 16.1 Å². The van der Waals surface area contributed by atoms with E-state index >= 15 is 0 Å². The number of ketones is 2. The van der Waals surface area contributed by atoms with Gasteiger partial charge in [-0.2, -0.15) is 0 Å². The Hall–Kier alpha value is -3.42. The minimum absolute atomic E-state index is 0.173. The summed E-state index contributed by atoms with van der Waals surface area (Å²) in [6.45, 7) is 0. The lowest BCUT2D eigenvalue weighted by Crippen LogP contribution is -2.28. The van der Waals surface area contributed by atoms with Crippen LogP contribution in [0.4, 0.5) is 0 Å². The van der Waals surface area contributed by atoms with Gasteiger partial charge in [0.15, 0.2) is 0 Å². The zero-order valence-corrected chi connectivity index (χ0v) is 10.9. The van der Waals surface area contributed by atoms with E-state index in [1.807, 2.05) is 0 Å². The molecule has 0 aromatic carbocycles. The monoisotopic (exact) mass is 297 g/mol. The fraction of sp³-hybridized carbons (Fsp3) is 0. The molecular formula is C14H7N3O5. The van der Waals surface area contributed by atoms with Crippen molar-refractivity contribution in [2.75, 3.05) is 0 Å². The first-order valence-corrected chi connectivity index (χ1v) is 6.10. The molecule has 0 saturated carbocycles. The average Bonchev–Trinajstić information content (AvgIpc) is 2.53. The Bertz CT molecular complexity index is 858. The molecule has 0 spiro atoms. The van der Waals surface area contributed by atoms with Crippen molar-refractivity contribution in [3.63, 3.8) is 0 Å². The number of aromatic nitrogens is 2. The van der Waals surface area contributed by atoms with Crippen molar-refractivity contribution in [3.8, 4) is 11.4 Å². The van der Waals surface area contributed by atoms with Crippen molar-refractivity contribution in [1.82, 2.24) is 9.97 Å². The molecule has 0 fully saturated rings. The van der Waals surface area contributed by atoms with Gasteiger partial charge in [0.2, 0.25) is 11.5 Å². The molecule has 2 heterocycles. The number of nitro groups is 1. The number of Topliss-reactive ketones (excluding diaryl/α,β-unsaturated/α-hetero) is 2. The van der Waals surface area contributed by atoms with E-state index in [1.165, 1.54) is 18.3 Å². The third kappa shape index (κ3) is 1.94. The minimum Gasteiger partial charge on any atom is -0.500 e. The van der Waals surface area contributed by atoms with Gasteiger partial charge < -0.3 is 5.11 Å². The second kappa shape index (κ2) is 4.85. The van der Waals surface area contributed by atoms with E-state index in [9.17, 15) is 24.8 Å². The Morgan fingerprint density at radius 3 is 2.45 bits per heavy atom. The number of aliphatic hydroxyl groups excluding tert-OH is 1. The van der Waals surface area contributed by atoms with Crippen LogP contribution < -0.4 is 0 Å². The van der Waals surface area contributed by atoms with Gasteiger partial charge in [-0.05, 0) is 24.3 Å². The van der Waals surface area contributed by atoms with E-state index in [-0.39, 0.29) is 11.3 Å². The molecule has 8 nitrogen and oxygen atoms in total. The number of rotatable bonds is 2. The fourth-order valence-corrected chi connectivity index (χ4v) is 2.10. The molecule has 1 aliphatic rings. The summed E-state index contributed by atoms with van der Waals surface area (Å²) in [5.74, 6) is -3.34. The Morgan fingerprint density at radius 2 is 1.82 bits per heavy atom. The largest absolute Gasteiger partial charge is 0.500 e. The maximum Gasteiger partial charge on any atom is 0.363 e. The number of allylic oxidation sites excluding steroid dienone is 1. The molecule has 108 valence electrons. The van der Waals surface area contributed by atoms with Crippen LogP contribution >= 0.6 is 0 Å². The second-order valence-corrected chi connectivity index (χ2v) is 4.42. The summed E-state index contributed by atoms with van der Waals surface area (Å²) >= 11 is 0. The summed E-state index contributed by atoms with van der Waals surface area (Å²) in [5.41, 5.74) is -0.851. The lowest BCUT2D eigenvalue weighted by Gasteiger charge is -2.12. The van der Waals surface area contributed by atoms with Crippen LogP contribution in [0, 0.1) is 10.1 Å². The van der Waals surface area contributed by atoms with Crippen LogP contribution in [0.25, 0.3) is 17.1 Å². The molecule has 0 amide bonds. The van der Waals surface area contributed by atoms with Gasteiger partial charge in [0.25, 0.3) is 0 Å². The number of pyridine rings is 2. The average molecular weight is 297 g/mol. The fourth-order valence-electron chi connectivity index (χ4n) is 2.10. The van der Waals surface area contributed by atoms with Crippen LogP contribution in [0.2, 0.25) is 0 Å². The third-order valence-electron chi connectivity index (χ3n) is 3.12. The van der Waals surface area contributed by atoms with Gasteiger partial charge in [-0.1, -0.05) is 6.07 Å². The highest BCUT2D eigenvalue weighted by Crippen LogP contribution is 2.28. The van der Waals surface area contributed by atoms with Crippen molar-refractivity contribution >= 4 is 17.3 Å². The summed E-state index contributed by atoms with van der Waals surface area (Å²) in [6, 6.07) is 7.82. The Morgan fingerprint density at radius 1 is 1.05 bits per heavy atom. The molecule has 1 N–H and O–H groups in total. The first-order chi connectivity index (χ1) is 10.5. The lowest BCUT2D eigenvalue weighted by molar-refractivity contribution is -0.418. The van der Waals surface area contributed by atoms with E-state index < -0.39 is 27.9 Å². The van der Waals surface area contributed by atoms with Gasteiger partial charge in [0.05, 0.1) is 21.9 Å². The molecule has 0 bridgehead atoms. The number of nitrogens with zero attached hydrogens (tertiary/aromatic N) is 3. The molecular weight excluding hydrogens is 290 g/mol. The normalized spacial score (nSPS) is 14.0. The Balaban J connectivity index is 2.24. The number of carbonyl (C=O) groups is 2. The van der Waals surface area contributed by atoms with Crippen molar-refractivity contribution in [1.29, 1.82) is 0 Å². The second-order valence-electron chi connectivity index (χ2n) is 4.42. The van der Waals surface area contributed by atoms with Gasteiger partial charge in [-0.25, -0.2) is 4.98 Å². The molecule has 0 aliphatic heterocycles. The van der Waals surface area contributed by atoms with Gasteiger partial charge in [-0.15, -0.1) is 0 Å². The molecule has 0 saturated heterocycles. The first-order valence-electron chi connectivity index (χ1n) is 6.10. The van der Waals surface area contributed by atoms with Crippen molar-refractivity contribution in [3.05, 3.63) is 63.6 Å². The van der Waals surface area contributed by atoms with Crippen molar-refractivity contribution in [2.24, 2.45) is 0 Å². The topological polar surface area (TPSA) is 123 Å². The van der Waals surface area contributed by atoms with E-state index in [1.54, 1.807) is 18.2 Å². The van der Waals surface area contributed by atoms with Gasteiger partial charge in [0, 0.05) is 6.20 Å². The summed E-state index contributed by atoms with van der Waals surface area (Å²) in [5, 5.41) is 20.8. The summed E-state index contributed by atoms with van der Waals surface area (Å²) < 4.78 is 0. The number of hydrogen-bond acceptors (Lipinski definition) is 7. The summed E-state index contributed by atoms with van der Waals surface area (Å²) in [4.78, 5) is 41.4. The maximum atomic E-state index is 11.9. The minimum atomic E-state index is -1.36. The molecule has 1 aliphatic carbocycles. The standard InChI is InChI=1S/C14H7N3O5/c18-12-7-4-5-9(8-3-1-2-6-15-8)16-10(7)13(19)11(14(12)20)17(21)22/h1-6,19H. The third-order valence-corrected chi connectivity index (χ3v) is 3.12. The number of aliphatic hydroxyl groups is 1. The van der Waals surface area contributed by atoms with E-state index in [0.717, 1.165) is 0 Å². The smallest absolute Gasteiger partial charge is 0.363 e. The number of fused-ring (bicyclic) bond motifs is 1. The van der Waals surface area contributed by atoms with Crippen LogP contribution in [-0.4, -0.2) is 31.6 Å². The highest BCUT2D eigenvalue weighted by molar-refractivity contribution is 6.51. The molecule has 8 heteroatoms. The highest BCUT2D eigenvalue weighted by atomic mass is 16.6. The molecule has 0 unspecified atom stereocenters. The summed E-state index contributed by atoms with van der Waals surface area (Å²) in [7, 11) is 0.